The Balaban J connectivity index is 2.27. The molecule has 1 aromatic heterocycles. The summed E-state index contributed by atoms with van der Waals surface area (Å²) in [5.74, 6) is 0. The second-order valence-electron chi connectivity index (χ2n) is 4.00. The van der Waals surface area contributed by atoms with Gasteiger partial charge in [-0.3, -0.25) is 0 Å². The van der Waals surface area contributed by atoms with Crippen LogP contribution in [0.1, 0.15) is 30.1 Å². The molecule has 2 atom stereocenters. The van der Waals surface area contributed by atoms with E-state index < -0.39 is 0 Å². The van der Waals surface area contributed by atoms with Gasteiger partial charge in [0.25, 0.3) is 0 Å². The van der Waals surface area contributed by atoms with E-state index in [1.165, 1.54) is 0 Å². The van der Waals surface area contributed by atoms with Gasteiger partial charge in [-0.15, -0.1) is 11.3 Å². The van der Waals surface area contributed by atoms with Gasteiger partial charge in [0, 0.05) is 37.4 Å². The maximum Gasteiger partial charge on any atom is 0.110 e. The molecule has 2 unspecified atom stereocenters. The third kappa shape index (κ3) is 4.57. The number of methoxy groups -OCH3 is 1. The van der Waals surface area contributed by atoms with E-state index in [4.69, 9.17) is 10.5 Å². The van der Waals surface area contributed by atoms with Crippen molar-refractivity contribution in [1.29, 1.82) is 0 Å². The Morgan fingerprint density at radius 2 is 2.38 bits per heavy atom. The average molecular weight is 243 g/mol. The quantitative estimate of drug-likeness (QED) is 0.761. The van der Waals surface area contributed by atoms with Crippen molar-refractivity contribution < 1.29 is 4.74 Å². The highest BCUT2D eigenvalue weighted by Gasteiger charge is 2.10. The summed E-state index contributed by atoms with van der Waals surface area (Å²) in [6, 6.07) is 0.413. The maximum absolute atomic E-state index is 5.93. The monoisotopic (exact) mass is 243 g/mol. The second-order valence-corrected chi connectivity index (χ2v) is 4.89. The molecule has 0 saturated carbocycles. The number of nitrogens with two attached hydrogens (primary N) is 1. The second kappa shape index (κ2) is 6.96. The molecular weight excluding hydrogens is 222 g/mol. The number of hydrogen-bond acceptors (Lipinski definition) is 5. The molecule has 0 aliphatic rings. The predicted octanol–water partition coefficient (Wildman–Crippen LogP) is 1.47. The highest BCUT2D eigenvalue weighted by Crippen LogP contribution is 2.17. The molecule has 0 fully saturated rings. The molecule has 0 aromatic carbocycles. The molecule has 0 radical (unpaired) electrons. The van der Waals surface area contributed by atoms with Crippen LogP contribution in [0.25, 0.3) is 0 Å². The van der Waals surface area contributed by atoms with E-state index in [-0.39, 0.29) is 12.1 Å². The van der Waals surface area contributed by atoms with Crippen LogP contribution < -0.4 is 11.1 Å². The fraction of sp³-hybridized carbons (Fsp3) is 0.727. The molecule has 4 nitrogen and oxygen atoms in total. The Morgan fingerprint density at radius 1 is 1.62 bits per heavy atom. The number of ether oxygens (including phenoxy) is 1. The molecule has 1 heterocycles. The molecule has 92 valence electrons. The summed E-state index contributed by atoms with van der Waals surface area (Å²) in [6.45, 7) is 5.63. The number of rotatable bonds is 7. The zero-order valence-corrected chi connectivity index (χ0v) is 11.0. The summed E-state index contributed by atoms with van der Waals surface area (Å²) < 4.78 is 4.99. The Morgan fingerprint density at radius 3 is 2.94 bits per heavy atom. The maximum atomic E-state index is 5.93. The van der Waals surface area contributed by atoms with Crippen LogP contribution in [0, 0.1) is 6.92 Å². The third-order valence-corrected chi connectivity index (χ3v) is 3.53. The van der Waals surface area contributed by atoms with Crippen molar-refractivity contribution in [2.75, 3.05) is 20.3 Å². The van der Waals surface area contributed by atoms with E-state index >= 15 is 0 Å². The lowest BCUT2D eigenvalue weighted by atomic mass is 10.2. The van der Waals surface area contributed by atoms with Crippen LogP contribution in [0.3, 0.4) is 0 Å². The van der Waals surface area contributed by atoms with E-state index in [0.29, 0.717) is 6.61 Å². The van der Waals surface area contributed by atoms with Gasteiger partial charge in [-0.05, 0) is 20.3 Å². The topological polar surface area (TPSA) is 60.2 Å². The van der Waals surface area contributed by atoms with Gasteiger partial charge in [-0.25, -0.2) is 4.98 Å². The first-order valence-corrected chi connectivity index (χ1v) is 6.41. The third-order valence-electron chi connectivity index (χ3n) is 2.39. The number of nitrogens with zero attached hydrogens (tertiary/aromatic N) is 1. The molecule has 0 aliphatic carbocycles. The number of thiazole rings is 1. The van der Waals surface area contributed by atoms with Crippen LogP contribution in [0.15, 0.2) is 5.38 Å². The minimum atomic E-state index is 0.142. The van der Waals surface area contributed by atoms with E-state index in [0.717, 1.165) is 23.7 Å². The summed E-state index contributed by atoms with van der Waals surface area (Å²) in [5.41, 5.74) is 7.01. The molecule has 3 N–H and O–H groups in total. The van der Waals surface area contributed by atoms with Crippen molar-refractivity contribution in [3.05, 3.63) is 16.1 Å². The molecule has 0 bridgehead atoms. The van der Waals surface area contributed by atoms with E-state index in [2.05, 4.69) is 22.6 Å². The van der Waals surface area contributed by atoms with Crippen molar-refractivity contribution in [2.24, 2.45) is 5.73 Å². The van der Waals surface area contributed by atoms with Gasteiger partial charge >= 0.3 is 0 Å². The van der Waals surface area contributed by atoms with Crippen molar-refractivity contribution >= 4 is 11.3 Å². The molecule has 0 aliphatic heterocycles. The standard InChI is InChI=1S/C11H21N3OS/c1-8-7-16-11(14-8)9(2)13-6-10(12)4-5-15-3/h7,9-10,13H,4-6,12H2,1-3H3. The lowest BCUT2D eigenvalue weighted by Gasteiger charge is -2.15. The predicted molar refractivity (Wildman–Crippen MR) is 67.7 cm³/mol. The van der Waals surface area contributed by atoms with Gasteiger partial charge in [-0.1, -0.05) is 0 Å². The first kappa shape index (κ1) is 13.6. The van der Waals surface area contributed by atoms with Crippen molar-refractivity contribution in [3.63, 3.8) is 0 Å². The first-order chi connectivity index (χ1) is 7.63. The number of hydrogen-bond donors (Lipinski definition) is 2. The van der Waals surface area contributed by atoms with Crippen LogP contribution in [-0.4, -0.2) is 31.3 Å². The SMILES string of the molecule is COCCC(N)CNC(C)c1nc(C)cs1. The van der Waals surface area contributed by atoms with Gasteiger partial charge in [0.05, 0.1) is 6.04 Å². The smallest absolute Gasteiger partial charge is 0.110 e. The van der Waals surface area contributed by atoms with Gasteiger partial charge in [0.2, 0.25) is 0 Å². The zero-order valence-electron chi connectivity index (χ0n) is 10.2. The highest BCUT2D eigenvalue weighted by molar-refractivity contribution is 7.09. The fourth-order valence-corrected chi connectivity index (χ4v) is 2.19. The highest BCUT2D eigenvalue weighted by atomic mass is 32.1. The molecule has 0 saturated heterocycles. The lowest BCUT2D eigenvalue weighted by Crippen LogP contribution is -2.35. The number of nitrogens with one attached hydrogen (secondary N) is 1. The Kier molecular flexibility index (Phi) is 5.90. The van der Waals surface area contributed by atoms with E-state index in [1.807, 2.05) is 6.92 Å². The van der Waals surface area contributed by atoms with Crippen LogP contribution in [0.2, 0.25) is 0 Å². The summed E-state index contributed by atoms with van der Waals surface area (Å²) >= 11 is 1.69. The zero-order chi connectivity index (χ0) is 12.0. The normalized spacial score (nSPS) is 15.0. The molecule has 1 aromatic rings. The molecule has 1 rings (SSSR count). The minimum Gasteiger partial charge on any atom is -0.385 e. The molecule has 16 heavy (non-hydrogen) atoms. The van der Waals surface area contributed by atoms with Crippen molar-refractivity contribution in [3.8, 4) is 0 Å². The molecule has 5 heteroatoms. The lowest BCUT2D eigenvalue weighted by molar-refractivity contribution is 0.187. The van der Waals surface area contributed by atoms with Crippen molar-refractivity contribution in [2.45, 2.75) is 32.4 Å². The van der Waals surface area contributed by atoms with E-state index in [9.17, 15) is 0 Å². The Hall–Kier alpha value is -0.490. The van der Waals surface area contributed by atoms with Gasteiger partial charge in [0.15, 0.2) is 0 Å². The van der Waals surface area contributed by atoms with Crippen LogP contribution >= 0.6 is 11.3 Å². The largest absolute Gasteiger partial charge is 0.385 e. The average Bonchev–Trinajstić information content (AvgIpc) is 2.69. The van der Waals surface area contributed by atoms with Gasteiger partial charge in [0.1, 0.15) is 5.01 Å². The van der Waals surface area contributed by atoms with E-state index in [1.54, 1.807) is 18.4 Å². The van der Waals surface area contributed by atoms with Gasteiger partial charge in [-0.2, -0.15) is 0 Å². The number of aryl methyl sites for hydroxylation is 1. The fourth-order valence-electron chi connectivity index (χ4n) is 1.36. The van der Waals surface area contributed by atoms with Crippen LogP contribution in [-0.2, 0) is 4.74 Å². The first-order valence-electron chi connectivity index (χ1n) is 5.53. The number of aromatic nitrogens is 1. The minimum absolute atomic E-state index is 0.142. The molecule has 0 spiro atoms. The Labute approximate surface area is 101 Å². The Bertz CT molecular complexity index is 303. The summed E-state index contributed by atoms with van der Waals surface area (Å²) in [6.07, 6.45) is 0.882. The summed E-state index contributed by atoms with van der Waals surface area (Å²) in [5, 5.41) is 6.58. The van der Waals surface area contributed by atoms with Crippen molar-refractivity contribution in [1.82, 2.24) is 10.3 Å². The van der Waals surface area contributed by atoms with Crippen LogP contribution in [0.5, 0.6) is 0 Å². The van der Waals surface area contributed by atoms with Gasteiger partial charge < -0.3 is 15.8 Å². The molecular formula is C11H21N3OS. The summed E-state index contributed by atoms with van der Waals surface area (Å²) in [7, 11) is 1.70. The van der Waals surface area contributed by atoms with Crippen LogP contribution in [0.4, 0.5) is 0 Å². The molecule has 0 amide bonds. The summed E-state index contributed by atoms with van der Waals surface area (Å²) in [4.78, 5) is 4.44.